The maximum Gasteiger partial charge on any atom is 0.253 e. The second kappa shape index (κ2) is 7.99. The molecule has 0 spiro atoms. The second-order valence-corrected chi connectivity index (χ2v) is 6.85. The summed E-state index contributed by atoms with van der Waals surface area (Å²) in [5.74, 6) is 1.11. The van der Waals surface area contributed by atoms with Gasteiger partial charge in [0.1, 0.15) is 0 Å². The Morgan fingerprint density at radius 1 is 1.32 bits per heavy atom. The van der Waals surface area contributed by atoms with Crippen molar-refractivity contribution in [1.29, 1.82) is 0 Å². The quantitative estimate of drug-likeness (QED) is 0.806. The van der Waals surface area contributed by atoms with Gasteiger partial charge >= 0.3 is 0 Å². The smallest absolute Gasteiger partial charge is 0.253 e. The number of carbonyl (C=O) groups is 1. The van der Waals surface area contributed by atoms with Crippen LogP contribution in [0.1, 0.15) is 31.4 Å². The van der Waals surface area contributed by atoms with Gasteiger partial charge in [-0.2, -0.15) is 11.8 Å². The Morgan fingerprint density at radius 2 is 2.00 bits per heavy atom. The Hall–Kier alpha value is -1.04. The van der Waals surface area contributed by atoms with E-state index in [1.807, 2.05) is 18.2 Å². The molecule has 22 heavy (non-hydrogen) atoms. The van der Waals surface area contributed by atoms with Gasteiger partial charge in [0.2, 0.25) is 0 Å². The summed E-state index contributed by atoms with van der Waals surface area (Å²) in [5.41, 5.74) is 1.18. The fraction of sp³-hybridized carbons (Fsp3) is 0.588. The first-order valence-corrected chi connectivity index (χ1v) is 9.12. The molecule has 1 aliphatic rings. The minimum Gasteiger partial charge on any atom is -0.379 e. The van der Waals surface area contributed by atoms with Gasteiger partial charge in [-0.1, -0.05) is 38.1 Å². The summed E-state index contributed by atoms with van der Waals surface area (Å²) in [6.07, 6.45) is 0.546. The summed E-state index contributed by atoms with van der Waals surface area (Å²) in [6.45, 7) is 7.69. The highest BCUT2D eigenvalue weighted by molar-refractivity contribution is 7.99. The van der Waals surface area contributed by atoms with E-state index in [1.165, 1.54) is 5.56 Å². The number of carbonyl (C=O) groups excluding carboxylic acids is 1. The Kier molecular flexibility index (Phi) is 6.29. The zero-order valence-electron chi connectivity index (χ0n) is 13.5. The van der Waals surface area contributed by atoms with Gasteiger partial charge in [0.15, 0.2) is 5.60 Å². The molecule has 0 aromatic heterocycles. The molecule has 5 heteroatoms. The maximum absolute atomic E-state index is 12.2. The van der Waals surface area contributed by atoms with Gasteiger partial charge in [0.25, 0.3) is 5.91 Å². The van der Waals surface area contributed by atoms with Crippen LogP contribution in [0.15, 0.2) is 24.3 Å². The molecule has 4 nitrogen and oxygen atoms in total. The van der Waals surface area contributed by atoms with Crippen molar-refractivity contribution in [3.8, 4) is 0 Å². The van der Waals surface area contributed by atoms with Crippen LogP contribution in [-0.2, 0) is 17.9 Å². The molecule has 1 atom stereocenters. The van der Waals surface area contributed by atoms with E-state index in [0.717, 1.165) is 31.0 Å². The third-order valence-corrected chi connectivity index (χ3v) is 5.44. The van der Waals surface area contributed by atoms with Crippen LogP contribution in [0.25, 0.3) is 0 Å². The lowest BCUT2D eigenvalue weighted by Crippen LogP contribution is -2.46. The fourth-order valence-electron chi connectivity index (χ4n) is 2.65. The maximum atomic E-state index is 12.2. The zero-order valence-corrected chi connectivity index (χ0v) is 14.3. The topological polar surface area (TPSA) is 52.6 Å². The molecule has 1 amide bonds. The van der Waals surface area contributed by atoms with E-state index >= 15 is 0 Å². The van der Waals surface area contributed by atoms with E-state index in [2.05, 4.69) is 30.1 Å². The number of aliphatic hydroxyl groups is 1. The second-order valence-electron chi connectivity index (χ2n) is 5.75. The molecule has 1 aromatic rings. The Bertz CT molecular complexity index is 497. The van der Waals surface area contributed by atoms with Crippen molar-refractivity contribution in [1.82, 2.24) is 10.2 Å². The molecule has 0 radical (unpaired) electrons. The van der Waals surface area contributed by atoms with Crippen molar-refractivity contribution in [2.75, 3.05) is 24.6 Å². The highest BCUT2D eigenvalue weighted by Gasteiger charge is 2.39. The molecular weight excluding hydrogens is 296 g/mol. The molecule has 1 saturated heterocycles. The normalized spacial score (nSPS) is 21.3. The van der Waals surface area contributed by atoms with Crippen molar-refractivity contribution in [2.45, 2.75) is 39.0 Å². The van der Waals surface area contributed by atoms with Gasteiger partial charge in [-0.25, -0.2) is 0 Å². The number of nitrogens with zero attached hydrogens (tertiary/aromatic N) is 1. The first kappa shape index (κ1) is 17.3. The molecule has 2 N–H and O–H groups in total. The predicted molar refractivity (Wildman–Crippen MR) is 91.8 cm³/mol. The van der Waals surface area contributed by atoms with E-state index in [-0.39, 0.29) is 5.91 Å². The molecular formula is C17H26N2O2S. The number of thioether (sulfide) groups is 1. The Morgan fingerprint density at radius 3 is 2.59 bits per heavy atom. The van der Waals surface area contributed by atoms with Crippen LogP contribution in [0.5, 0.6) is 0 Å². The number of hydrogen-bond donors (Lipinski definition) is 2. The van der Waals surface area contributed by atoms with Gasteiger partial charge < -0.3 is 10.4 Å². The van der Waals surface area contributed by atoms with Crippen molar-refractivity contribution in [3.63, 3.8) is 0 Å². The average molecular weight is 322 g/mol. The summed E-state index contributed by atoms with van der Waals surface area (Å²) >= 11 is 1.63. The van der Waals surface area contributed by atoms with E-state index in [1.54, 1.807) is 11.8 Å². The first-order valence-electron chi connectivity index (χ1n) is 7.96. The molecule has 2 rings (SSSR count). The van der Waals surface area contributed by atoms with Crippen LogP contribution < -0.4 is 5.32 Å². The lowest BCUT2D eigenvalue weighted by atomic mass is 10.0. The van der Waals surface area contributed by atoms with Crippen molar-refractivity contribution in [2.24, 2.45) is 0 Å². The van der Waals surface area contributed by atoms with Crippen LogP contribution in [-0.4, -0.2) is 46.1 Å². The summed E-state index contributed by atoms with van der Waals surface area (Å²) < 4.78 is 0. The van der Waals surface area contributed by atoms with E-state index in [9.17, 15) is 9.90 Å². The standard InChI is InChI=1S/C17H26N2O2S/c1-3-19(4-2)12-15-8-6-5-7-14(15)11-18-16(20)17(21)9-10-22-13-17/h5-8,21H,3-4,9-13H2,1-2H3,(H,18,20). The van der Waals surface area contributed by atoms with E-state index in [0.29, 0.717) is 18.7 Å². The van der Waals surface area contributed by atoms with Crippen molar-refractivity contribution in [3.05, 3.63) is 35.4 Å². The number of amides is 1. The molecule has 0 saturated carbocycles. The molecule has 0 bridgehead atoms. The lowest BCUT2D eigenvalue weighted by molar-refractivity contribution is -0.137. The van der Waals surface area contributed by atoms with Crippen LogP contribution in [0.2, 0.25) is 0 Å². The van der Waals surface area contributed by atoms with Gasteiger partial charge in [0, 0.05) is 18.8 Å². The first-order chi connectivity index (χ1) is 10.6. The molecule has 122 valence electrons. The van der Waals surface area contributed by atoms with Crippen molar-refractivity contribution >= 4 is 17.7 Å². The third-order valence-electron chi connectivity index (χ3n) is 4.27. The fourth-order valence-corrected chi connectivity index (χ4v) is 3.89. The molecule has 1 unspecified atom stereocenters. The van der Waals surface area contributed by atoms with Crippen LogP contribution in [0.4, 0.5) is 0 Å². The summed E-state index contributed by atoms with van der Waals surface area (Å²) in [4.78, 5) is 14.6. The van der Waals surface area contributed by atoms with Crippen molar-refractivity contribution < 1.29 is 9.90 Å². The molecule has 1 aromatic carbocycles. The van der Waals surface area contributed by atoms with Gasteiger partial charge in [-0.15, -0.1) is 0 Å². The summed E-state index contributed by atoms with van der Waals surface area (Å²) in [7, 11) is 0. The van der Waals surface area contributed by atoms with Gasteiger partial charge in [-0.05, 0) is 36.4 Å². The van der Waals surface area contributed by atoms with E-state index in [4.69, 9.17) is 0 Å². The minimum absolute atomic E-state index is 0.241. The van der Waals surface area contributed by atoms with Crippen LogP contribution in [0.3, 0.4) is 0 Å². The number of hydrogen-bond acceptors (Lipinski definition) is 4. The lowest BCUT2D eigenvalue weighted by Gasteiger charge is -2.22. The largest absolute Gasteiger partial charge is 0.379 e. The Balaban J connectivity index is 1.99. The zero-order chi connectivity index (χ0) is 16.0. The number of nitrogens with one attached hydrogen (secondary N) is 1. The van der Waals surface area contributed by atoms with Gasteiger partial charge in [0.05, 0.1) is 0 Å². The molecule has 1 aliphatic heterocycles. The molecule has 1 heterocycles. The highest BCUT2D eigenvalue weighted by Crippen LogP contribution is 2.28. The summed E-state index contributed by atoms with van der Waals surface area (Å²) in [5, 5.41) is 13.2. The van der Waals surface area contributed by atoms with Gasteiger partial charge in [-0.3, -0.25) is 9.69 Å². The third kappa shape index (κ3) is 4.24. The summed E-state index contributed by atoms with van der Waals surface area (Å²) in [6, 6.07) is 8.19. The molecule has 0 aliphatic carbocycles. The minimum atomic E-state index is -1.18. The molecule has 1 fully saturated rings. The number of benzene rings is 1. The number of rotatable bonds is 7. The monoisotopic (exact) mass is 322 g/mol. The SMILES string of the molecule is CCN(CC)Cc1ccccc1CNC(=O)C1(O)CCSC1. The van der Waals surface area contributed by atoms with Crippen LogP contribution >= 0.6 is 11.8 Å². The highest BCUT2D eigenvalue weighted by atomic mass is 32.2. The predicted octanol–water partition coefficient (Wildman–Crippen LogP) is 2.01. The average Bonchev–Trinajstić information content (AvgIpc) is 2.99. The van der Waals surface area contributed by atoms with Crippen LogP contribution in [0, 0.1) is 0 Å². The Labute approximate surface area is 137 Å². The van der Waals surface area contributed by atoms with E-state index < -0.39 is 5.60 Å².